The lowest BCUT2D eigenvalue weighted by molar-refractivity contribution is 0.0593. The summed E-state index contributed by atoms with van der Waals surface area (Å²) in [5.41, 5.74) is 7.51. The van der Waals surface area contributed by atoms with Gasteiger partial charge in [-0.2, -0.15) is 0 Å². The summed E-state index contributed by atoms with van der Waals surface area (Å²) in [6.07, 6.45) is 8.56. The van der Waals surface area contributed by atoms with E-state index in [0.717, 1.165) is 57.5 Å². The van der Waals surface area contributed by atoms with Gasteiger partial charge in [-0.25, -0.2) is 14.8 Å². The summed E-state index contributed by atoms with van der Waals surface area (Å²) in [5.74, 6) is 2.68. The third-order valence-corrected chi connectivity index (χ3v) is 7.47. The number of phenolic OH excluding ortho intramolecular Hbond substituents is 1. The van der Waals surface area contributed by atoms with Gasteiger partial charge in [0.05, 0.1) is 7.11 Å². The summed E-state index contributed by atoms with van der Waals surface area (Å²) in [5, 5.41) is 10.5. The molecular weight excluding hydrogens is 480 g/mol. The van der Waals surface area contributed by atoms with E-state index in [0.29, 0.717) is 30.0 Å². The molecule has 4 rings (SSSR count). The number of terminal acetylenes is 1. The summed E-state index contributed by atoms with van der Waals surface area (Å²) in [4.78, 5) is 27.5. The number of methoxy groups -OCH3 is 1. The van der Waals surface area contributed by atoms with Gasteiger partial charge in [0.15, 0.2) is 22.5 Å². The molecule has 3 heterocycles. The maximum atomic E-state index is 11.9. The number of benzene rings is 1. The second kappa shape index (κ2) is 11.3. The van der Waals surface area contributed by atoms with Crippen LogP contribution in [0.1, 0.15) is 47.8 Å². The number of rotatable bonds is 6. The van der Waals surface area contributed by atoms with E-state index in [1.165, 1.54) is 7.11 Å². The van der Waals surface area contributed by atoms with Crippen molar-refractivity contribution in [2.45, 2.75) is 44.8 Å². The molecule has 36 heavy (non-hydrogen) atoms. The SMILES string of the molecule is C#Cc1ccc(CN2CCC(N3CCN(c4nc(N)c(C(=O)OC)nc4Cl)C[C@@H]3CC)CC2)c(O)c1. The van der Waals surface area contributed by atoms with Crippen LogP contribution < -0.4 is 10.6 Å². The van der Waals surface area contributed by atoms with Crippen LogP contribution in [0.3, 0.4) is 0 Å². The average Bonchev–Trinajstić information content (AvgIpc) is 2.90. The second-order valence-corrected chi connectivity index (χ2v) is 9.66. The van der Waals surface area contributed by atoms with Crippen molar-refractivity contribution in [3.8, 4) is 18.1 Å². The molecule has 2 aromatic rings. The molecule has 2 fully saturated rings. The van der Waals surface area contributed by atoms with Gasteiger partial charge in [0.1, 0.15) is 5.75 Å². The standard InChI is InChI=1S/C26H33ClN6O3/c1-4-17-6-7-18(21(34)14-17)15-31-10-8-20(9-11-31)33-13-12-32(16-19(33)5-2)25-23(27)29-22(24(28)30-25)26(35)36-3/h1,6-7,14,19-20,34H,5,8-13,15-16H2,2-3H3,(H2,28,30)/t19-/m0/s1. The van der Waals surface area contributed by atoms with Crippen molar-refractivity contribution in [2.24, 2.45) is 0 Å². The predicted octanol–water partition coefficient (Wildman–Crippen LogP) is 2.75. The first-order valence-electron chi connectivity index (χ1n) is 12.3. The molecule has 0 aliphatic carbocycles. The van der Waals surface area contributed by atoms with Crippen LogP contribution in [0.2, 0.25) is 5.15 Å². The van der Waals surface area contributed by atoms with Crippen molar-refractivity contribution in [3.05, 3.63) is 40.2 Å². The van der Waals surface area contributed by atoms with Crippen molar-refractivity contribution in [3.63, 3.8) is 0 Å². The minimum Gasteiger partial charge on any atom is -0.508 e. The van der Waals surface area contributed by atoms with E-state index in [1.54, 1.807) is 6.07 Å². The Hall–Kier alpha value is -3.06. The number of halogens is 1. The van der Waals surface area contributed by atoms with Crippen molar-refractivity contribution in [1.82, 2.24) is 19.8 Å². The average molecular weight is 513 g/mol. The number of carbonyl (C=O) groups is 1. The van der Waals surface area contributed by atoms with E-state index in [1.807, 2.05) is 12.1 Å². The van der Waals surface area contributed by atoms with Gasteiger partial charge in [0.25, 0.3) is 0 Å². The number of carbonyl (C=O) groups excluding carboxylic acids is 1. The zero-order valence-corrected chi connectivity index (χ0v) is 21.5. The molecule has 2 saturated heterocycles. The highest BCUT2D eigenvalue weighted by molar-refractivity contribution is 6.32. The number of nitrogen functional groups attached to an aromatic ring is 1. The van der Waals surface area contributed by atoms with Gasteiger partial charge in [0.2, 0.25) is 0 Å². The fourth-order valence-corrected chi connectivity index (χ4v) is 5.46. The molecule has 3 N–H and O–H groups in total. The predicted molar refractivity (Wildman–Crippen MR) is 140 cm³/mol. The molecule has 0 amide bonds. The van der Waals surface area contributed by atoms with Crippen LogP contribution >= 0.6 is 11.6 Å². The number of hydrogen-bond donors (Lipinski definition) is 2. The fraction of sp³-hybridized carbons (Fsp3) is 0.500. The molecule has 1 atom stereocenters. The van der Waals surface area contributed by atoms with Gasteiger partial charge in [-0.15, -0.1) is 6.42 Å². The van der Waals surface area contributed by atoms with Crippen LogP contribution in [0.4, 0.5) is 11.6 Å². The summed E-state index contributed by atoms with van der Waals surface area (Å²) in [6, 6.07) is 6.29. The Morgan fingerprint density at radius 2 is 2.03 bits per heavy atom. The number of aromatic hydroxyl groups is 1. The Balaban J connectivity index is 1.37. The molecule has 0 spiro atoms. The number of hydrogen-bond acceptors (Lipinski definition) is 9. The normalized spacial score (nSPS) is 19.7. The number of phenols is 1. The molecule has 0 radical (unpaired) electrons. The summed E-state index contributed by atoms with van der Waals surface area (Å²) >= 11 is 6.40. The Kier molecular flexibility index (Phi) is 8.19. The minimum atomic E-state index is -0.657. The zero-order valence-electron chi connectivity index (χ0n) is 20.8. The number of esters is 1. The summed E-state index contributed by atoms with van der Waals surface area (Å²) in [6.45, 7) is 7.25. The molecule has 2 aliphatic rings. The van der Waals surface area contributed by atoms with Crippen molar-refractivity contribution >= 4 is 29.2 Å². The lowest BCUT2D eigenvalue weighted by Crippen LogP contribution is -2.58. The van der Waals surface area contributed by atoms with Gasteiger partial charge >= 0.3 is 5.97 Å². The van der Waals surface area contributed by atoms with Gasteiger partial charge in [-0.1, -0.05) is 30.5 Å². The maximum Gasteiger partial charge on any atom is 0.360 e. The van der Waals surface area contributed by atoms with Crippen molar-refractivity contribution < 1.29 is 14.6 Å². The van der Waals surface area contributed by atoms with E-state index >= 15 is 0 Å². The minimum absolute atomic E-state index is 0.0177. The highest BCUT2D eigenvalue weighted by Crippen LogP contribution is 2.30. The summed E-state index contributed by atoms with van der Waals surface area (Å²) < 4.78 is 4.71. The maximum absolute atomic E-state index is 11.9. The Morgan fingerprint density at radius 3 is 2.67 bits per heavy atom. The molecule has 192 valence electrons. The molecule has 2 aliphatic heterocycles. The number of aromatic nitrogens is 2. The fourth-order valence-electron chi connectivity index (χ4n) is 5.21. The Labute approximate surface area is 217 Å². The molecule has 10 heteroatoms. The van der Waals surface area contributed by atoms with Crippen molar-refractivity contribution in [1.29, 1.82) is 0 Å². The van der Waals surface area contributed by atoms with Crippen LogP contribution in [0.15, 0.2) is 18.2 Å². The highest BCUT2D eigenvalue weighted by atomic mass is 35.5. The molecule has 0 saturated carbocycles. The lowest BCUT2D eigenvalue weighted by Gasteiger charge is -2.47. The number of anilines is 2. The van der Waals surface area contributed by atoms with Crippen molar-refractivity contribution in [2.75, 3.05) is 50.5 Å². The van der Waals surface area contributed by atoms with E-state index in [-0.39, 0.29) is 22.4 Å². The topological polar surface area (TPSA) is 108 Å². The number of likely N-dealkylation sites (tertiary alicyclic amines) is 1. The smallest absolute Gasteiger partial charge is 0.360 e. The largest absolute Gasteiger partial charge is 0.508 e. The monoisotopic (exact) mass is 512 g/mol. The van der Waals surface area contributed by atoms with Crippen LogP contribution in [0.5, 0.6) is 5.75 Å². The quantitative estimate of drug-likeness (QED) is 0.446. The van der Waals surface area contributed by atoms with Gasteiger partial charge < -0.3 is 20.5 Å². The Morgan fingerprint density at radius 1 is 1.28 bits per heavy atom. The molecule has 0 bridgehead atoms. The number of nitrogens with zero attached hydrogens (tertiary/aromatic N) is 5. The van der Waals surface area contributed by atoms with Gasteiger partial charge in [-0.3, -0.25) is 9.80 Å². The van der Waals surface area contributed by atoms with Gasteiger partial charge in [0, 0.05) is 49.4 Å². The summed E-state index contributed by atoms with van der Waals surface area (Å²) in [7, 11) is 1.27. The first kappa shape index (κ1) is 26.0. The first-order valence-corrected chi connectivity index (χ1v) is 12.6. The lowest BCUT2D eigenvalue weighted by atomic mass is 9.97. The molecular formula is C26H33ClN6O3. The van der Waals surface area contributed by atoms with E-state index in [2.05, 4.69) is 37.5 Å². The highest BCUT2D eigenvalue weighted by Gasteiger charge is 2.34. The molecule has 1 aromatic heterocycles. The number of ether oxygens (including phenoxy) is 1. The van der Waals surface area contributed by atoms with E-state index in [4.69, 9.17) is 28.5 Å². The van der Waals surface area contributed by atoms with E-state index < -0.39 is 5.97 Å². The second-order valence-electron chi connectivity index (χ2n) is 9.30. The van der Waals surface area contributed by atoms with E-state index in [9.17, 15) is 9.90 Å². The van der Waals surface area contributed by atoms with Crippen LogP contribution in [-0.2, 0) is 11.3 Å². The first-order chi connectivity index (χ1) is 17.3. The van der Waals surface area contributed by atoms with Crippen LogP contribution in [0, 0.1) is 12.3 Å². The van der Waals surface area contributed by atoms with Crippen LogP contribution in [0.25, 0.3) is 0 Å². The van der Waals surface area contributed by atoms with Gasteiger partial charge in [-0.05, 0) is 44.5 Å². The number of piperidine rings is 1. The van der Waals surface area contributed by atoms with Crippen LogP contribution in [-0.4, -0.2) is 82.8 Å². The third-order valence-electron chi connectivity index (χ3n) is 7.21. The molecule has 1 aromatic carbocycles. The zero-order chi connectivity index (χ0) is 25.8. The molecule has 9 nitrogen and oxygen atoms in total. The molecule has 0 unspecified atom stereocenters. The Bertz CT molecular complexity index is 1150. The third kappa shape index (κ3) is 5.51. The number of nitrogens with two attached hydrogens (primary N) is 1. The number of piperazine rings is 1.